The maximum atomic E-state index is 11.9. The molecule has 328 valence electrons. The number of anilines is 2. The molecule has 6 heteroatoms. The van der Waals surface area contributed by atoms with E-state index < -0.39 is 0 Å². The van der Waals surface area contributed by atoms with Crippen molar-refractivity contribution in [1.29, 1.82) is 0 Å². The molecule has 0 radical (unpaired) electrons. The molecule has 8 aromatic carbocycles. The third-order valence-corrected chi connectivity index (χ3v) is 13.4. The van der Waals surface area contributed by atoms with Gasteiger partial charge in [-0.25, -0.2) is 9.59 Å². The van der Waals surface area contributed by atoms with Crippen LogP contribution in [-0.2, 0) is 28.9 Å². The van der Waals surface area contributed by atoms with Gasteiger partial charge in [0.05, 0.1) is 11.4 Å². The van der Waals surface area contributed by atoms with Gasteiger partial charge in [0.1, 0.15) is 0 Å². The lowest BCUT2D eigenvalue weighted by Crippen LogP contribution is -1.99. The van der Waals surface area contributed by atoms with Crippen LogP contribution in [-0.4, -0.2) is 12.2 Å². The zero-order valence-electron chi connectivity index (χ0n) is 38.0. The third kappa shape index (κ3) is 9.52. The molecule has 0 fully saturated rings. The van der Waals surface area contributed by atoms with Gasteiger partial charge in [-0.3, -0.25) is 0 Å². The molecule has 8 aromatic rings. The summed E-state index contributed by atoms with van der Waals surface area (Å²) in [7, 11) is 0. The summed E-state index contributed by atoms with van der Waals surface area (Å²) in [5, 5.41) is 8.66. The zero-order chi connectivity index (χ0) is 45.1. The molecule has 0 aliphatic heterocycles. The highest BCUT2D eigenvalue weighted by Gasteiger charge is 2.20. The Balaban J connectivity index is 1.21. The van der Waals surface area contributed by atoms with Crippen molar-refractivity contribution >= 4 is 78.0 Å². The average Bonchev–Trinajstić information content (AvgIpc) is 3.33. The first-order valence-electron chi connectivity index (χ1n) is 23.8. The lowest BCUT2D eigenvalue weighted by atomic mass is 9.86. The minimum atomic E-state index is 0.535. The van der Waals surface area contributed by atoms with E-state index in [-0.39, 0.29) is 0 Å². The van der Waals surface area contributed by atoms with Crippen LogP contribution < -0.4 is 11.5 Å². The van der Waals surface area contributed by atoms with E-state index in [0.717, 1.165) is 103 Å². The minimum absolute atomic E-state index is 0.535. The highest BCUT2D eigenvalue weighted by Crippen LogP contribution is 2.46. The van der Waals surface area contributed by atoms with Crippen LogP contribution in [0.2, 0.25) is 0 Å². The predicted molar refractivity (Wildman–Crippen MR) is 275 cm³/mol. The number of benzene rings is 8. The lowest BCUT2D eigenvalue weighted by molar-refractivity contribution is 0.564. The summed E-state index contributed by atoms with van der Waals surface area (Å²) in [6.07, 6.45) is 20.7. The number of hydrogen-bond acceptors (Lipinski definition) is 6. The molecule has 0 heterocycles. The van der Waals surface area contributed by atoms with E-state index in [4.69, 9.17) is 11.5 Å². The monoisotopic (exact) mass is 856 g/mol. The van der Waals surface area contributed by atoms with Crippen LogP contribution >= 0.6 is 0 Å². The summed E-state index contributed by atoms with van der Waals surface area (Å²) in [4.78, 5) is 32.3. The molecule has 6 nitrogen and oxygen atoms in total. The number of carbonyl (C=O) groups excluding carboxylic acids is 2. The van der Waals surface area contributed by atoms with E-state index in [1.165, 1.54) is 86.1 Å². The number of isocyanates is 2. The summed E-state index contributed by atoms with van der Waals surface area (Å²) in [5.74, 6) is 0. The van der Waals surface area contributed by atoms with Gasteiger partial charge in [-0.1, -0.05) is 175 Å². The molecule has 0 aliphatic rings. The smallest absolute Gasteiger partial charge is 0.240 e. The number of unbranched alkanes of at least 4 members (excludes halogenated alkanes) is 10. The average molecular weight is 857 g/mol. The van der Waals surface area contributed by atoms with Gasteiger partial charge in [0.15, 0.2) is 0 Å². The van der Waals surface area contributed by atoms with Gasteiger partial charge in [0.25, 0.3) is 0 Å². The summed E-state index contributed by atoms with van der Waals surface area (Å²) in [6, 6.07) is 41.7. The van der Waals surface area contributed by atoms with Crippen molar-refractivity contribution in [3.05, 3.63) is 144 Å². The molecule has 0 atom stereocenters. The molecule has 0 spiro atoms. The van der Waals surface area contributed by atoms with Gasteiger partial charge in [0, 0.05) is 44.0 Å². The van der Waals surface area contributed by atoms with E-state index in [0.29, 0.717) is 17.8 Å². The highest BCUT2D eigenvalue weighted by molar-refractivity contribution is 6.19. The van der Waals surface area contributed by atoms with Crippen LogP contribution in [0.15, 0.2) is 131 Å². The number of nitrogen functional groups attached to an aromatic ring is 2. The van der Waals surface area contributed by atoms with Gasteiger partial charge in [-0.2, -0.15) is 9.98 Å². The van der Waals surface area contributed by atoms with Crippen molar-refractivity contribution in [2.45, 2.75) is 110 Å². The maximum absolute atomic E-state index is 11.9. The lowest BCUT2D eigenvalue weighted by Gasteiger charge is -2.19. The summed E-state index contributed by atoms with van der Waals surface area (Å²) >= 11 is 0. The summed E-state index contributed by atoms with van der Waals surface area (Å²) in [6.45, 7) is 4.50. The summed E-state index contributed by atoms with van der Waals surface area (Å²) < 4.78 is 0. The number of aryl methyl sites for hydroxylation is 2. The fraction of sp³-hybridized carbons (Fsp3) is 0.288. The highest BCUT2D eigenvalue weighted by atomic mass is 16.1. The normalized spacial score (nSPS) is 11.4. The molecule has 0 saturated heterocycles. The van der Waals surface area contributed by atoms with Crippen molar-refractivity contribution in [1.82, 2.24) is 0 Å². The first kappa shape index (κ1) is 44.8. The second kappa shape index (κ2) is 21.2. The van der Waals surface area contributed by atoms with Crippen LogP contribution in [0.25, 0.3) is 65.3 Å². The second-order valence-corrected chi connectivity index (χ2v) is 17.7. The van der Waals surface area contributed by atoms with Crippen molar-refractivity contribution in [2.75, 3.05) is 11.5 Å². The Morgan fingerprint density at radius 2 is 0.800 bits per heavy atom. The van der Waals surface area contributed by atoms with Crippen LogP contribution in [0.1, 0.15) is 113 Å². The topological polar surface area (TPSA) is 111 Å². The van der Waals surface area contributed by atoms with Crippen molar-refractivity contribution in [2.24, 2.45) is 9.98 Å². The molecular formula is C59H60N4O2. The Bertz CT molecular complexity index is 2890. The number of rotatable bonds is 20. The third-order valence-electron chi connectivity index (χ3n) is 13.4. The number of aliphatic imine (C=N–C) groups is 2. The Morgan fingerprint density at radius 1 is 0.415 bits per heavy atom. The molecule has 4 N–H and O–H groups in total. The Labute approximate surface area is 383 Å². The van der Waals surface area contributed by atoms with E-state index in [1.807, 2.05) is 24.3 Å². The molecule has 8 rings (SSSR count). The van der Waals surface area contributed by atoms with Gasteiger partial charge in [-0.05, 0) is 111 Å². The van der Waals surface area contributed by atoms with Gasteiger partial charge < -0.3 is 11.5 Å². The maximum Gasteiger partial charge on any atom is 0.240 e. The van der Waals surface area contributed by atoms with Crippen LogP contribution in [0.4, 0.5) is 22.7 Å². The Kier molecular flexibility index (Phi) is 14.6. The van der Waals surface area contributed by atoms with Crippen LogP contribution in [0.5, 0.6) is 0 Å². The molecular weight excluding hydrogens is 797 g/mol. The van der Waals surface area contributed by atoms with Crippen LogP contribution in [0, 0.1) is 0 Å². The first-order valence-corrected chi connectivity index (χ1v) is 23.8. The molecule has 0 aromatic heterocycles. The number of hydrogen-bond donors (Lipinski definition) is 2. The van der Waals surface area contributed by atoms with Crippen LogP contribution in [0.3, 0.4) is 0 Å². The quantitative estimate of drug-likeness (QED) is 0.0261. The van der Waals surface area contributed by atoms with Crippen molar-refractivity contribution in [3.63, 3.8) is 0 Å². The van der Waals surface area contributed by atoms with Gasteiger partial charge in [-0.15, -0.1) is 0 Å². The largest absolute Gasteiger partial charge is 0.398 e. The van der Waals surface area contributed by atoms with Crippen molar-refractivity contribution in [3.8, 4) is 22.3 Å². The molecule has 65 heavy (non-hydrogen) atoms. The molecule has 0 aliphatic carbocycles. The van der Waals surface area contributed by atoms with E-state index in [9.17, 15) is 9.59 Å². The van der Waals surface area contributed by atoms with Gasteiger partial charge >= 0.3 is 0 Å². The second-order valence-electron chi connectivity index (χ2n) is 17.7. The van der Waals surface area contributed by atoms with E-state index in [2.05, 4.69) is 121 Å². The molecule has 0 saturated carbocycles. The van der Waals surface area contributed by atoms with E-state index >= 15 is 0 Å². The minimum Gasteiger partial charge on any atom is -0.398 e. The van der Waals surface area contributed by atoms with Crippen molar-refractivity contribution < 1.29 is 9.59 Å². The fourth-order valence-corrected chi connectivity index (χ4v) is 10.2. The van der Waals surface area contributed by atoms with E-state index in [1.54, 1.807) is 12.2 Å². The molecule has 0 unspecified atom stereocenters. The molecule has 0 amide bonds. The SMILES string of the molecule is CCCCCCCCc1c2ccccc2c(N)c2c(-c3cc(Cc4ccc(N=C=O)c(-c5cccc6c(CCCCCCCC)c7ccccc7c(N)c56)c4)ccc3N=C=O)cccc12. The molecule has 0 bridgehead atoms. The summed E-state index contributed by atoms with van der Waals surface area (Å²) in [5.41, 5.74) is 25.0. The van der Waals surface area contributed by atoms with Gasteiger partial charge in [0.2, 0.25) is 12.2 Å². The Hall–Kier alpha value is -6.84. The number of nitrogens with zero attached hydrogens (tertiary/aromatic N) is 2. The standard InChI is InChI=1S/C59H60N4O2/c1-3-5-7-9-11-13-21-42-44-23-15-17-25-50(44)58(60)56-46(42)27-19-29-48(56)52-36-40(31-33-54(52)62-38-64)35-41-32-34-55(63-39-65)53(37-41)49-30-20-28-47-43(22-14-12-10-8-6-4-2)45-24-16-18-26-51(45)59(61)57(47)49/h15-20,23-34,36-37H,3-14,21-22,35,60-61H2,1-2H3. The fourth-order valence-electron chi connectivity index (χ4n) is 10.2. The predicted octanol–water partition coefficient (Wildman–Crippen LogP) is 16.1. The Morgan fingerprint density at radius 3 is 1.22 bits per heavy atom. The number of fused-ring (bicyclic) bond motifs is 4. The zero-order valence-corrected chi connectivity index (χ0v) is 38.0. The number of nitrogens with two attached hydrogens (primary N) is 2. The first-order chi connectivity index (χ1) is 32.0.